The van der Waals surface area contributed by atoms with E-state index in [9.17, 15) is 29.7 Å². The molecule has 246 valence electrons. The van der Waals surface area contributed by atoms with E-state index in [4.69, 9.17) is 0 Å². The van der Waals surface area contributed by atoms with Crippen molar-refractivity contribution in [2.45, 2.75) is 125 Å². The van der Waals surface area contributed by atoms with Crippen LogP contribution in [-0.2, 0) is 14.4 Å². The van der Waals surface area contributed by atoms with Crippen LogP contribution in [0.3, 0.4) is 0 Å². The first kappa shape index (κ1) is 49.5. The molecule has 0 aromatic carbocycles. The monoisotopic (exact) mass is 734 g/mol. The molecule has 8 heteroatoms. The van der Waals surface area contributed by atoms with Crippen LogP contribution in [0.2, 0.25) is 0 Å². The normalized spacial score (nSPS) is 13.8. The predicted molar refractivity (Wildman–Crippen MR) is 168 cm³/mol. The Morgan fingerprint density at radius 1 is 0.366 bits per heavy atom. The molecule has 0 heterocycles. The van der Waals surface area contributed by atoms with E-state index in [0.29, 0.717) is 0 Å². The van der Waals surface area contributed by atoms with Crippen LogP contribution in [0.1, 0.15) is 125 Å². The van der Waals surface area contributed by atoms with Gasteiger partial charge in [-0.3, -0.25) is 14.4 Å². The number of allylic oxidation sites excluding steroid dienone is 6. The fourth-order valence-electron chi connectivity index (χ4n) is 1.67. The van der Waals surface area contributed by atoms with Gasteiger partial charge in [-0.15, -0.1) is 0 Å². The molecule has 0 atom stereocenters. The van der Waals surface area contributed by atoms with Crippen molar-refractivity contribution >= 4 is 17.3 Å². The molecule has 7 nitrogen and oxygen atoms in total. The van der Waals surface area contributed by atoms with Gasteiger partial charge in [0.15, 0.2) is 17.3 Å². The van der Waals surface area contributed by atoms with Gasteiger partial charge >= 0.3 is 0 Å². The van der Waals surface area contributed by atoms with E-state index in [1.54, 1.807) is 0 Å². The van der Waals surface area contributed by atoms with E-state index in [1.165, 1.54) is 18.2 Å². The summed E-state index contributed by atoms with van der Waals surface area (Å²) in [4.78, 5) is 34.5. The summed E-state index contributed by atoms with van der Waals surface area (Å²) < 4.78 is 0. The minimum absolute atomic E-state index is 0. The predicted octanol–water partition coefficient (Wildman–Crippen LogP) is 8.44. The minimum Gasteiger partial charge on any atom is -0.512 e. The first-order valence-electron chi connectivity index (χ1n) is 13.5. The van der Waals surface area contributed by atoms with Crippen molar-refractivity contribution < 1.29 is 73.4 Å². The second kappa shape index (κ2) is 17.9. The summed E-state index contributed by atoms with van der Waals surface area (Å²) in [5.41, 5.74) is -2.29. The van der Waals surface area contributed by atoms with Gasteiger partial charge in [-0.2, -0.15) is 0 Å². The molecule has 0 aliphatic carbocycles. The molecule has 0 aromatic rings. The van der Waals surface area contributed by atoms with Crippen molar-refractivity contribution in [2.24, 2.45) is 32.5 Å². The maximum Gasteiger partial charge on any atom is 0.164 e. The third-order valence-corrected chi connectivity index (χ3v) is 5.33. The summed E-state index contributed by atoms with van der Waals surface area (Å²) in [7, 11) is 0. The molecule has 0 bridgehead atoms. The molecule has 0 saturated carbocycles. The summed E-state index contributed by atoms with van der Waals surface area (Å²) in [6.45, 7) is 33.3. The van der Waals surface area contributed by atoms with Crippen LogP contribution in [0.25, 0.3) is 0 Å². The molecule has 0 radical (unpaired) electrons. The number of aliphatic hydroxyl groups excluding tert-OH is 3. The van der Waals surface area contributed by atoms with E-state index < -0.39 is 16.2 Å². The van der Waals surface area contributed by atoms with E-state index in [0.717, 1.165) is 0 Å². The topological polar surface area (TPSA) is 143 Å². The molecule has 0 unspecified atom stereocenters. The van der Waals surface area contributed by atoms with Gasteiger partial charge in [-0.25, -0.2) is 0 Å². The molecule has 0 saturated heterocycles. The summed E-state index contributed by atoms with van der Waals surface area (Å²) >= 11 is 0. The van der Waals surface area contributed by atoms with Crippen LogP contribution >= 0.6 is 0 Å². The summed E-state index contributed by atoms with van der Waals surface area (Å²) in [6, 6.07) is 0. The van der Waals surface area contributed by atoms with Gasteiger partial charge in [0.25, 0.3) is 0 Å². The van der Waals surface area contributed by atoms with Crippen molar-refractivity contribution in [1.82, 2.24) is 0 Å². The van der Waals surface area contributed by atoms with Crippen molar-refractivity contribution in [3.63, 3.8) is 0 Å². The molecule has 0 spiro atoms. The fraction of sp³-hybridized carbons (Fsp3) is 0.727. The van der Waals surface area contributed by atoms with Crippen LogP contribution in [-0.4, -0.2) is 38.1 Å². The number of rotatable bonds is 3. The summed E-state index contributed by atoms with van der Waals surface area (Å²) in [5.74, 6) is 0.312. The molecule has 41 heavy (non-hydrogen) atoms. The first-order chi connectivity index (χ1) is 16.6. The van der Waals surface area contributed by atoms with E-state index in [1.807, 2.05) is 125 Å². The van der Waals surface area contributed by atoms with Crippen molar-refractivity contribution in [1.29, 1.82) is 0 Å². The first-order valence-corrected chi connectivity index (χ1v) is 13.5. The number of hydrogen-bond acceptors (Lipinski definition) is 6. The van der Waals surface area contributed by atoms with E-state index in [-0.39, 0.29) is 94.5 Å². The Kier molecular flexibility index (Phi) is 21.6. The zero-order valence-corrected chi connectivity index (χ0v) is 31.1. The zero-order valence-electron chi connectivity index (χ0n) is 29.1. The van der Waals surface area contributed by atoms with Gasteiger partial charge in [0.05, 0.1) is 0 Å². The van der Waals surface area contributed by atoms with Crippen LogP contribution in [0, 0.1) is 70.7 Å². The average Bonchev–Trinajstić information content (AvgIpc) is 2.64. The smallest absolute Gasteiger partial charge is 0.164 e. The van der Waals surface area contributed by atoms with Crippen molar-refractivity contribution in [3.05, 3.63) is 35.5 Å². The second-order valence-electron chi connectivity index (χ2n) is 16.2. The number of hydrogen-bond donors (Lipinski definition) is 3. The molecule has 0 fully saturated rings. The number of carbonyl (C=O) groups is 3. The van der Waals surface area contributed by atoms with Gasteiger partial charge < -0.3 is 20.8 Å². The van der Waals surface area contributed by atoms with Crippen molar-refractivity contribution in [2.75, 3.05) is 0 Å². The number of ketones is 3. The Balaban J connectivity index is -0.000000154. The maximum absolute atomic E-state index is 11.5. The third-order valence-electron chi connectivity index (χ3n) is 5.33. The molecule has 5 N–H and O–H groups in total. The molecular formula is C33H62DyO7. The minimum atomic E-state index is -0.417. The number of carbonyl (C=O) groups excluding carboxylic acids is 3. The standard InChI is InChI=1S/3C11H20O2.Dy.H2O/c3*1-10(2,3)8(12)7-9(13)11(4,5)6;;/h3*7,12H,1-6H3;;1H2/b3*8-7-;;. The van der Waals surface area contributed by atoms with Gasteiger partial charge in [0.2, 0.25) is 0 Å². The summed E-state index contributed by atoms with van der Waals surface area (Å²) in [6.07, 6.45) is 4.00. The SMILES string of the molecule is CC(C)(C)C(=O)/C=C(\O)C(C)(C)C.CC(C)(C)C(=O)/C=C(\O)C(C)(C)C.CC(C)(C)C(=O)/C=C(\O)C(C)(C)C.O.[Dy]. The Bertz CT molecular complexity index is 803. The quantitative estimate of drug-likeness (QED) is 0.196. The van der Waals surface area contributed by atoms with Crippen LogP contribution in [0.5, 0.6) is 0 Å². The van der Waals surface area contributed by atoms with Gasteiger partial charge in [-0.1, -0.05) is 125 Å². The van der Waals surface area contributed by atoms with E-state index in [2.05, 4.69) is 0 Å². The Hall–Kier alpha value is -1.14. The molecule has 0 aliphatic rings. The van der Waals surface area contributed by atoms with Crippen LogP contribution < -0.4 is 0 Å². The van der Waals surface area contributed by atoms with Gasteiger partial charge in [-0.05, 0) is 0 Å². The molecule has 0 aromatic heterocycles. The Morgan fingerprint density at radius 3 is 0.561 bits per heavy atom. The number of aliphatic hydroxyl groups is 3. The largest absolute Gasteiger partial charge is 0.512 e. The van der Waals surface area contributed by atoms with Crippen LogP contribution in [0.4, 0.5) is 0 Å². The van der Waals surface area contributed by atoms with Crippen molar-refractivity contribution in [3.8, 4) is 0 Å². The fourth-order valence-corrected chi connectivity index (χ4v) is 1.67. The van der Waals surface area contributed by atoms with Gasteiger partial charge in [0.1, 0.15) is 17.3 Å². The van der Waals surface area contributed by atoms with Crippen LogP contribution in [0.15, 0.2) is 35.5 Å². The molecule has 0 amide bonds. The Labute approximate surface area is 281 Å². The molecule has 0 aliphatic heterocycles. The maximum atomic E-state index is 11.5. The third kappa shape index (κ3) is 24.0. The van der Waals surface area contributed by atoms with E-state index >= 15 is 0 Å². The molecule has 0 rings (SSSR count). The second-order valence-corrected chi connectivity index (χ2v) is 16.2. The molecular weight excluding hydrogens is 671 g/mol. The summed E-state index contributed by atoms with van der Waals surface area (Å²) in [5, 5.41) is 28.7. The zero-order chi connectivity index (χ0) is 32.6. The average molecular weight is 733 g/mol. The van der Waals surface area contributed by atoms with Gasteiger partial charge in [0, 0.05) is 88.9 Å². The Morgan fingerprint density at radius 2 is 0.488 bits per heavy atom.